The van der Waals surface area contributed by atoms with Gasteiger partial charge >= 0.3 is 0 Å². The van der Waals surface area contributed by atoms with Gasteiger partial charge in [0.25, 0.3) is 0 Å². The second kappa shape index (κ2) is 6.35. The lowest BCUT2D eigenvalue weighted by Gasteiger charge is -2.13. The highest BCUT2D eigenvalue weighted by atomic mass is 79.9. The monoisotopic (exact) mass is 322 g/mol. The van der Waals surface area contributed by atoms with Crippen molar-refractivity contribution in [3.05, 3.63) is 51.8 Å². The van der Waals surface area contributed by atoms with Crippen molar-refractivity contribution in [3.63, 3.8) is 0 Å². The van der Waals surface area contributed by atoms with Crippen LogP contribution < -0.4 is 0 Å². The Labute approximate surface area is 122 Å². The largest absolute Gasteiger partial charge is 0.387 e. The molecule has 0 bridgehead atoms. The molecule has 1 heterocycles. The predicted octanol–water partition coefficient (Wildman–Crippen LogP) is 3.64. The van der Waals surface area contributed by atoms with Gasteiger partial charge in [0.1, 0.15) is 0 Å². The quantitative estimate of drug-likeness (QED) is 0.912. The summed E-state index contributed by atoms with van der Waals surface area (Å²) < 4.78 is 2.72. The molecule has 0 aliphatic carbocycles. The van der Waals surface area contributed by atoms with Gasteiger partial charge in [-0.15, -0.1) is 0 Å². The molecule has 0 saturated carbocycles. The molecule has 2 aromatic rings. The van der Waals surface area contributed by atoms with Crippen LogP contribution >= 0.6 is 15.9 Å². The minimum Gasteiger partial charge on any atom is -0.387 e. The van der Waals surface area contributed by atoms with E-state index in [0.29, 0.717) is 6.42 Å². The molecule has 0 amide bonds. The summed E-state index contributed by atoms with van der Waals surface area (Å²) in [4.78, 5) is 0. The number of rotatable bonds is 5. The van der Waals surface area contributed by atoms with Crippen LogP contribution in [-0.2, 0) is 13.0 Å². The minimum atomic E-state index is -0.489. The highest BCUT2D eigenvalue weighted by Crippen LogP contribution is 2.26. The molecule has 0 fully saturated rings. The molecule has 1 aromatic heterocycles. The second-order valence-corrected chi connectivity index (χ2v) is 5.59. The Bertz CT molecular complexity index is 551. The Hall–Kier alpha value is -1.13. The van der Waals surface area contributed by atoms with Gasteiger partial charge in [-0.05, 0) is 48.2 Å². The van der Waals surface area contributed by atoms with Crippen LogP contribution in [0.2, 0.25) is 0 Å². The number of benzene rings is 1. The normalized spacial score (nSPS) is 12.6. The number of aryl methyl sites for hydroxylation is 3. The molecular formula is C15H19BrN2O. The maximum Gasteiger partial charge on any atom is 0.0971 e. The Morgan fingerprint density at radius 1 is 1.42 bits per heavy atom. The Morgan fingerprint density at radius 3 is 2.89 bits per heavy atom. The molecule has 0 aliphatic heterocycles. The number of halogens is 1. The SMILES string of the molecule is CCn1ncc(Br)c1C(O)CCc1cccc(C)c1. The lowest BCUT2D eigenvalue weighted by molar-refractivity contribution is 0.156. The highest BCUT2D eigenvalue weighted by molar-refractivity contribution is 9.10. The first kappa shape index (κ1) is 14.3. The first-order valence-corrected chi connectivity index (χ1v) is 7.36. The smallest absolute Gasteiger partial charge is 0.0971 e. The topological polar surface area (TPSA) is 38.0 Å². The Balaban J connectivity index is 2.05. The summed E-state index contributed by atoms with van der Waals surface area (Å²) in [7, 11) is 0. The van der Waals surface area contributed by atoms with Crippen LogP contribution in [0.1, 0.15) is 36.3 Å². The van der Waals surface area contributed by atoms with E-state index in [1.54, 1.807) is 6.20 Å². The van der Waals surface area contributed by atoms with E-state index in [-0.39, 0.29) is 0 Å². The molecule has 4 heteroatoms. The van der Waals surface area contributed by atoms with Gasteiger partial charge in [0.15, 0.2) is 0 Å². The van der Waals surface area contributed by atoms with Gasteiger partial charge in [0.2, 0.25) is 0 Å². The van der Waals surface area contributed by atoms with Crippen molar-refractivity contribution in [2.75, 3.05) is 0 Å². The van der Waals surface area contributed by atoms with Gasteiger partial charge in [-0.3, -0.25) is 4.68 Å². The molecule has 0 saturated heterocycles. The van der Waals surface area contributed by atoms with Crippen molar-refractivity contribution in [3.8, 4) is 0 Å². The Kier molecular flexibility index (Phi) is 4.77. The van der Waals surface area contributed by atoms with Crippen molar-refractivity contribution < 1.29 is 5.11 Å². The lowest BCUT2D eigenvalue weighted by Crippen LogP contribution is -2.09. The third-order valence-electron chi connectivity index (χ3n) is 3.24. The number of aromatic nitrogens is 2. The molecule has 1 N–H and O–H groups in total. The predicted molar refractivity (Wildman–Crippen MR) is 80.1 cm³/mol. The average molecular weight is 323 g/mol. The average Bonchev–Trinajstić information content (AvgIpc) is 2.77. The lowest BCUT2D eigenvalue weighted by atomic mass is 10.0. The molecule has 102 valence electrons. The fraction of sp³-hybridized carbons (Fsp3) is 0.400. The van der Waals surface area contributed by atoms with E-state index in [4.69, 9.17) is 0 Å². The first-order valence-electron chi connectivity index (χ1n) is 6.56. The number of nitrogens with zero attached hydrogens (tertiary/aromatic N) is 2. The number of aliphatic hydroxyl groups is 1. The third-order valence-corrected chi connectivity index (χ3v) is 3.85. The number of hydrogen-bond acceptors (Lipinski definition) is 2. The van der Waals surface area contributed by atoms with Crippen LogP contribution in [0.3, 0.4) is 0 Å². The summed E-state index contributed by atoms with van der Waals surface area (Å²) in [5.74, 6) is 0. The molecule has 0 spiro atoms. The molecule has 1 unspecified atom stereocenters. The molecule has 1 atom stereocenters. The van der Waals surface area contributed by atoms with E-state index >= 15 is 0 Å². The Morgan fingerprint density at radius 2 is 2.21 bits per heavy atom. The van der Waals surface area contributed by atoms with E-state index in [1.807, 2.05) is 11.6 Å². The van der Waals surface area contributed by atoms with E-state index in [2.05, 4.69) is 52.2 Å². The molecular weight excluding hydrogens is 304 g/mol. The maximum absolute atomic E-state index is 10.3. The zero-order chi connectivity index (χ0) is 13.8. The van der Waals surface area contributed by atoms with Gasteiger partial charge < -0.3 is 5.11 Å². The van der Waals surface area contributed by atoms with Crippen molar-refractivity contribution in [1.82, 2.24) is 9.78 Å². The molecule has 3 nitrogen and oxygen atoms in total. The summed E-state index contributed by atoms with van der Waals surface area (Å²) in [6.07, 6.45) is 2.82. The summed E-state index contributed by atoms with van der Waals surface area (Å²) >= 11 is 3.45. The third kappa shape index (κ3) is 3.45. The fourth-order valence-corrected chi connectivity index (χ4v) is 2.82. The highest BCUT2D eigenvalue weighted by Gasteiger charge is 2.16. The molecule has 2 rings (SSSR count). The fourth-order valence-electron chi connectivity index (χ4n) is 2.26. The minimum absolute atomic E-state index is 0.489. The summed E-state index contributed by atoms with van der Waals surface area (Å²) in [5.41, 5.74) is 3.39. The molecule has 0 aliphatic rings. The van der Waals surface area contributed by atoms with E-state index in [9.17, 15) is 5.11 Å². The summed E-state index contributed by atoms with van der Waals surface area (Å²) in [6, 6.07) is 8.41. The maximum atomic E-state index is 10.3. The standard InChI is InChI=1S/C15H19BrN2O/c1-3-18-15(13(16)10-17-18)14(19)8-7-12-6-4-5-11(2)9-12/h4-6,9-10,14,19H,3,7-8H2,1-2H3. The van der Waals surface area contributed by atoms with Crippen LogP contribution in [0.15, 0.2) is 34.9 Å². The summed E-state index contributed by atoms with van der Waals surface area (Å²) in [6.45, 7) is 4.88. The molecule has 1 aromatic carbocycles. The van der Waals surface area contributed by atoms with E-state index < -0.39 is 6.10 Å². The van der Waals surface area contributed by atoms with Crippen molar-refractivity contribution in [2.24, 2.45) is 0 Å². The summed E-state index contributed by atoms with van der Waals surface area (Å²) in [5, 5.41) is 14.6. The number of aliphatic hydroxyl groups excluding tert-OH is 1. The first-order chi connectivity index (χ1) is 9.11. The van der Waals surface area contributed by atoms with Crippen molar-refractivity contribution in [1.29, 1.82) is 0 Å². The molecule has 19 heavy (non-hydrogen) atoms. The van der Waals surface area contributed by atoms with Gasteiger partial charge in [-0.25, -0.2) is 0 Å². The van der Waals surface area contributed by atoms with Gasteiger partial charge in [-0.2, -0.15) is 5.10 Å². The van der Waals surface area contributed by atoms with E-state index in [0.717, 1.165) is 23.1 Å². The van der Waals surface area contributed by atoms with Gasteiger partial charge in [0, 0.05) is 6.54 Å². The van der Waals surface area contributed by atoms with E-state index in [1.165, 1.54) is 11.1 Å². The van der Waals surface area contributed by atoms with Crippen LogP contribution in [0.25, 0.3) is 0 Å². The van der Waals surface area contributed by atoms with Gasteiger partial charge in [0.05, 0.1) is 22.5 Å². The van der Waals surface area contributed by atoms with Crippen LogP contribution in [0.5, 0.6) is 0 Å². The second-order valence-electron chi connectivity index (χ2n) is 4.74. The van der Waals surface area contributed by atoms with Crippen LogP contribution in [-0.4, -0.2) is 14.9 Å². The zero-order valence-corrected chi connectivity index (χ0v) is 12.9. The van der Waals surface area contributed by atoms with Crippen LogP contribution in [0.4, 0.5) is 0 Å². The van der Waals surface area contributed by atoms with Crippen molar-refractivity contribution in [2.45, 2.75) is 39.3 Å². The zero-order valence-electron chi connectivity index (χ0n) is 11.3. The van der Waals surface area contributed by atoms with Crippen molar-refractivity contribution >= 4 is 15.9 Å². The number of hydrogen-bond donors (Lipinski definition) is 1. The molecule has 0 radical (unpaired) electrons. The van der Waals surface area contributed by atoms with Crippen LogP contribution in [0, 0.1) is 6.92 Å². The van der Waals surface area contributed by atoms with Gasteiger partial charge in [-0.1, -0.05) is 29.8 Å².